The molecule has 0 fully saturated rings. The average Bonchev–Trinajstić information content (AvgIpc) is 2.47. The maximum Gasteiger partial charge on any atom is 0.338 e. The first kappa shape index (κ1) is 14.0. The monoisotopic (exact) mass is 272 g/mol. The van der Waals surface area contributed by atoms with Crippen LogP contribution in [0.25, 0.3) is 11.3 Å². The van der Waals surface area contributed by atoms with Crippen LogP contribution in [0.5, 0.6) is 5.88 Å². The fourth-order valence-corrected chi connectivity index (χ4v) is 1.87. The second kappa shape index (κ2) is 6.14. The molecule has 104 valence electrons. The maximum atomic E-state index is 11.6. The first-order valence-electron chi connectivity index (χ1n) is 6.30. The molecule has 0 aliphatic rings. The van der Waals surface area contributed by atoms with Crippen molar-refractivity contribution in [1.82, 2.24) is 9.97 Å². The summed E-state index contributed by atoms with van der Waals surface area (Å²) >= 11 is 0. The van der Waals surface area contributed by atoms with Crippen LogP contribution < -0.4 is 4.74 Å². The summed E-state index contributed by atoms with van der Waals surface area (Å²) in [7, 11) is 1.37. The largest absolute Gasteiger partial charge is 0.477 e. The summed E-state index contributed by atoms with van der Waals surface area (Å²) in [5.41, 5.74) is 2.96. The third-order valence-electron chi connectivity index (χ3n) is 2.83. The van der Waals surface area contributed by atoms with Gasteiger partial charge in [-0.15, -0.1) is 0 Å². The van der Waals surface area contributed by atoms with Crippen molar-refractivity contribution >= 4 is 5.97 Å². The highest BCUT2D eigenvalue weighted by Gasteiger charge is 2.11. The Hall–Kier alpha value is -2.43. The molecule has 0 saturated carbocycles. The Bertz CT molecular complexity index is 626. The Morgan fingerprint density at radius 2 is 2.10 bits per heavy atom. The molecule has 1 heterocycles. The minimum absolute atomic E-state index is 0.344. The van der Waals surface area contributed by atoms with E-state index in [4.69, 9.17) is 9.47 Å². The fourth-order valence-electron chi connectivity index (χ4n) is 1.87. The molecule has 0 atom stereocenters. The molecular formula is C15H16N2O3. The summed E-state index contributed by atoms with van der Waals surface area (Å²) in [6.07, 6.45) is 3.23. The Morgan fingerprint density at radius 1 is 1.30 bits per heavy atom. The second-order valence-corrected chi connectivity index (χ2v) is 4.20. The number of carbonyl (C=O) groups is 1. The maximum absolute atomic E-state index is 11.6. The number of carbonyl (C=O) groups excluding carboxylic acids is 1. The van der Waals surface area contributed by atoms with Crippen LogP contribution in [0.15, 0.2) is 30.6 Å². The standard InChI is InChI=1S/C15H16N2O3/c1-4-20-14-9-16-8-13(17-14)11-5-6-12(10(2)7-11)15(18)19-3/h5-9H,4H2,1-3H3. The van der Waals surface area contributed by atoms with Crippen LogP contribution in [0.2, 0.25) is 0 Å². The first-order chi connectivity index (χ1) is 9.65. The number of aryl methyl sites for hydroxylation is 1. The minimum Gasteiger partial charge on any atom is -0.477 e. The summed E-state index contributed by atoms with van der Waals surface area (Å²) in [5, 5.41) is 0. The van der Waals surface area contributed by atoms with Crippen molar-refractivity contribution in [3.63, 3.8) is 0 Å². The normalized spacial score (nSPS) is 10.2. The third-order valence-corrected chi connectivity index (χ3v) is 2.83. The van der Waals surface area contributed by atoms with Gasteiger partial charge in [-0.25, -0.2) is 9.78 Å². The Morgan fingerprint density at radius 3 is 2.75 bits per heavy atom. The van der Waals surface area contributed by atoms with E-state index >= 15 is 0 Å². The highest BCUT2D eigenvalue weighted by atomic mass is 16.5. The van der Waals surface area contributed by atoms with Crippen molar-refractivity contribution in [2.45, 2.75) is 13.8 Å². The number of rotatable bonds is 4. The lowest BCUT2D eigenvalue weighted by Gasteiger charge is -2.08. The Kier molecular flexibility index (Phi) is 4.30. The van der Waals surface area contributed by atoms with Gasteiger partial charge in [0.2, 0.25) is 5.88 Å². The molecule has 0 radical (unpaired) electrons. The molecule has 0 unspecified atom stereocenters. The molecule has 0 aliphatic heterocycles. The van der Waals surface area contributed by atoms with Gasteiger partial charge in [-0.1, -0.05) is 6.07 Å². The number of methoxy groups -OCH3 is 1. The number of benzene rings is 1. The van der Waals surface area contributed by atoms with Crippen LogP contribution in [-0.4, -0.2) is 29.7 Å². The van der Waals surface area contributed by atoms with Gasteiger partial charge >= 0.3 is 5.97 Å². The molecule has 0 amide bonds. The zero-order chi connectivity index (χ0) is 14.5. The van der Waals surface area contributed by atoms with Crippen LogP contribution in [0.1, 0.15) is 22.8 Å². The summed E-state index contributed by atoms with van der Waals surface area (Å²) in [4.78, 5) is 20.0. The molecule has 0 saturated heterocycles. The quantitative estimate of drug-likeness (QED) is 0.801. The summed E-state index contributed by atoms with van der Waals surface area (Å²) in [6, 6.07) is 5.43. The summed E-state index contributed by atoms with van der Waals surface area (Å²) in [5.74, 6) is 0.142. The summed E-state index contributed by atoms with van der Waals surface area (Å²) < 4.78 is 10.1. The number of ether oxygens (including phenoxy) is 2. The molecule has 1 aromatic carbocycles. The highest BCUT2D eigenvalue weighted by molar-refractivity contribution is 5.91. The lowest BCUT2D eigenvalue weighted by Crippen LogP contribution is -2.04. The van der Waals surface area contributed by atoms with Crippen LogP contribution >= 0.6 is 0 Å². The van der Waals surface area contributed by atoms with Gasteiger partial charge in [0.25, 0.3) is 0 Å². The zero-order valence-corrected chi connectivity index (χ0v) is 11.7. The van der Waals surface area contributed by atoms with Gasteiger partial charge < -0.3 is 9.47 Å². The molecule has 5 heteroatoms. The highest BCUT2D eigenvalue weighted by Crippen LogP contribution is 2.22. The van der Waals surface area contributed by atoms with E-state index in [1.165, 1.54) is 7.11 Å². The van der Waals surface area contributed by atoms with Crippen molar-refractivity contribution in [1.29, 1.82) is 0 Å². The van der Waals surface area contributed by atoms with Gasteiger partial charge in [0.1, 0.15) is 0 Å². The number of hydrogen-bond acceptors (Lipinski definition) is 5. The molecule has 0 N–H and O–H groups in total. The number of hydrogen-bond donors (Lipinski definition) is 0. The van der Waals surface area contributed by atoms with Gasteiger partial charge in [-0.05, 0) is 31.5 Å². The van der Waals surface area contributed by atoms with Crippen LogP contribution in [0, 0.1) is 6.92 Å². The molecule has 0 aliphatic carbocycles. The Balaban J connectivity index is 2.36. The Labute approximate surface area is 117 Å². The van der Waals surface area contributed by atoms with E-state index in [1.54, 1.807) is 18.5 Å². The van der Waals surface area contributed by atoms with E-state index in [0.717, 1.165) is 11.1 Å². The molecule has 0 bridgehead atoms. The van der Waals surface area contributed by atoms with Crippen molar-refractivity contribution < 1.29 is 14.3 Å². The molecular weight excluding hydrogens is 256 g/mol. The van der Waals surface area contributed by atoms with E-state index in [1.807, 2.05) is 26.0 Å². The van der Waals surface area contributed by atoms with Crippen molar-refractivity contribution in [2.75, 3.05) is 13.7 Å². The molecule has 2 rings (SSSR count). The van der Waals surface area contributed by atoms with Crippen LogP contribution in [0.3, 0.4) is 0 Å². The van der Waals surface area contributed by atoms with Crippen molar-refractivity contribution in [2.24, 2.45) is 0 Å². The fraction of sp³-hybridized carbons (Fsp3) is 0.267. The first-order valence-corrected chi connectivity index (χ1v) is 6.30. The van der Waals surface area contributed by atoms with Crippen LogP contribution in [0.4, 0.5) is 0 Å². The van der Waals surface area contributed by atoms with Gasteiger partial charge in [-0.2, -0.15) is 0 Å². The summed E-state index contributed by atoms with van der Waals surface area (Å²) in [6.45, 7) is 4.29. The number of nitrogens with zero attached hydrogens (tertiary/aromatic N) is 2. The van der Waals surface area contributed by atoms with Gasteiger partial charge in [0.05, 0.1) is 37.4 Å². The average molecular weight is 272 g/mol. The predicted molar refractivity (Wildman–Crippen MR) is 74.7 cm³/mol. The van der Waals surface area contributed by atoms with Crippen molar-refractivity contribution in [3.8, 4) is 17.1 Å². The van der Waals surface area contributed by atoms with E-state index in [9.17, 15) is 4.79 Å². The van der Waals surface area contributed by atoms with Gasteiger partial charge in [-0.3, -0.25) is 4.98 Å². The number of aromatic nitrogens is 2. The zero-order valence-electron chi connectivity index (χ0n) is 11.7. The molecule has 0 spiro atoms. The predicted octanol–water partition coefficient (Wildman–Crippen LogP) is 2.64. The van der Waals surface area contributed by atoms with Gasteiger partial charge in [0.15, 0.2) is 0 Å². The van der Waals surface area contributed by atoms with E-state index in [-0.39, 0.29) is 5.97 Å². The topological polar surface area (TPSA) is 61.3 Å². The molecule has 5 nitrogen and oxygen atoms in total. The second-order valence-electron chi connectivity index (χ2n) is 4.20. The van der Waals surface area contributed by atoms with E-state index in [0.29, 0.717) is 23.7 Å². The molecule has 1 aromatic heterocycles. The van der Waals surface area contributed by atoms with Crippen LogP contribution in [-0.2, 0) is 4.74 Å². The SMILES string of the molecule is CCOc1cncc(-c2ccc(C(=O)OC)c(C)c2)n1. The van der Waals surface area contributed by atoms with Crippen molar-refractivity contribution in [3.05, 3.63) is 41.7 Å². The number of esters is 1. The minimum atomic E-state index is -0.344. The third kappa shape index (κ3) is 2.93. The van der Waals surface area contributed by atoms with E-state index < -0.39 is 0 Å². The smallest absolute Gasteiger partial charge is 0.338 e. The van der Waals surface area contributed by atoms with Gasteiger partial charge in [0, 0.05) is 5.56 Å². The molecule has 2 aromatic rings. The lowest BCUT2D eigenvalue weighted by atomic mass is 10.0. The molecule has 20 heavy (non-hydrogen) atoms. The lowest BCUT2D eigenvalue weighted by molar-refractivity contribution is 0.0600. The van der Waals surface area contributed by atoms with E-state index in [2.05, 4.69) is 9.97 Å².